The average Bonchev–Trinajstić information content (AvgIpc) is 3.36. The molecule has 150 valence electrons. The maximum atomic E-state index is 13.6. The highest BCUT2D eigenvalue weighted by atomic mass is 32.1. The average molecular weight is 420 g/mol. The Hall–Kier alpha value is -3.53. The Bertz CT molecular complexity index is 1050. The third kappa shape index (κ3) is 5.05. The van der Waals surface area contributed by atoms with E-state index in [1.807, 2.05) is 0 Å². The van der Waals surface area contributed by atoms with Crippen molar-refractivity contribution in [2.75, 3.05) is 10.6 Å². The standard InChI is InChI=1S/C19H14F2N2O5S/c1-10(17(24)22-13-9-11(20)4-5-12(13)21)28-19(26)15-6-7-16(29-15)23-18(25)14-3-2-8-27-14/h2-10H,1H3,(H,22,24)(H,23,25). The molecule has 0 radical (unpaired) electrons. The van der Waals surface area contributed by atoms with E-state index in [2.05, 4.69) is 10.6 Å². The summed E-state index contributed by atoms with van der Waals surface area (Å²) in [6.07, 6.45) is 0.0854. The normalized spacial score (nSPS) is 11.6. The van der Waals surface area contributed by atoms with Crippen LogP contribution in [-0.2, 0) is 9.53 Å². The lowest BCUT2D eigenvalue weighted by atomic mass is 10.2. The number of ether oxygens (including phenoxy) is 1. The molecule has 2 amide bonds. The lowest BCUT2D eigenvalue weighted by Crippen LogP contribution is -2.30. The smallest absolute Gasteiger partial charge is 0.349 e. The van der Waals surface area contributed by atoms with Crippen molar-refractivity contribution in [1.29, 1.82) is 0 Å². The molecule has 0 aliphatic heterocycles. The number of hydrogen-bond donors (Lipinski definition) is 2. The molecule has 0 aliphatic carbocycles. The molecule has 0 aliphatic rings. The predicted octanol–water partition coefficient (Wildman–Crippen LogP) is 4.06. The van der Waals surface area contributed by atoms with Crippen molar-refractivity contribution in [3.05, 3.63) is 71.0 Å². The second-order valence-corrected chi connectivity index (χ2v) is 6.84. The lowest BCUT2D eigenvalue weighted by molar-refractivity contribution is -0.123. The highest BCUT2D eigenvalue weighted by Gasteiger charge is 2.22. The molecule has 10 heteroatoms. The van der Waals surface area contributed by atoms with Gasteiger partial charge in [-0.25, -0.2) is 13.6 Å². The third-order valence-corrected chi connectivity index (χ3v) is 4.61. The van der Waals surface area contributed by atoms with Gasteiger partial charge in [-0.2, -0.15) is 0 Å². The van der Waals surface area contributed by atoms with Crippen LogP contribution in [0.1, 0.15) is 27.2 Å². The van der Waals surface area contributed by atoms with Gasteiger partial charge < -0.3 is 19.8 Å². The molecule has 1 aromatic carbocycles. The molecule has 29 heavy (non-hydrogen) atoms. The molecule has 3 rings (SSSR count). The molecule has 0 saturated carbocycles. The number of benzene rings is 1. The van der Waals surface area contributed by atoms with E-state index in [4.69, 9.17) is 9.15 Å². The van der Waals surface area contributed by atoms with E-state index in [9.17, 15) is 23.2 Å². The Balaban J connectivity index is 1.58. The first-order valence-electron chi connectivity index (χ1n) is 8.25. The molecular formula is C19H14F2N2O5S. The monoisotopic (exact) mass is 420 g/mol. The Morgan fingerprint density at radius 1 is 1.10 bits per heavy atom. The predicted molar refractivity (Wildman–Crippen MR) is 101 cm³/mol. The lowest BCUT2D eigenvalue weighted by Gasteiger charge is -2.13. The van der Waals surface area contributed by atoms with Gasteiger partial charge in [-0.1, -0.05) is 0 Å². The van der Waals surface area contributed by atoms with Crippen molar-refractivity contribution >= 4 is 39.8 Å². The van der Waals surface area contributed by atoms with E-state index in [1.54, 1.807) is 6.07 Å². The van der Waals surface area contributed by atoms with Gasteiger partial charge in [0, 0.05) is 6.07 Å². The number of amides is 2. The van der Waals surface area contributed by atoms with Gasteiger partial charge in [0.25, 0.3) is 11.8 Å². The SMILES string of the molecule is CC(OC(=O)c1ccc(NC(=O)c2ccco2)s1)C(=O)Nc1cc(F)ccc1F. The highest BCUT2D eigenvalue weighted by molar-refractivity contribution is 7.18. The first-order valence-corrected chi connectivity index (χ1v) is 9.06. The molecular weight excluding hydrogens is 406 g/mol. The maximum Gasteiger partial charge on any atom is 0.349 e. The summed E-state index contributed by atoms with van der Waals surface area (Å²) < 4.78 is 36.8. The molecule has 3 aromatic rings. The molecule has 0 saturated heterocycles. The van der Waals surface area contributed by atoms with Crippen LogP contribution < -0.4 is 10.6 Å². The van der Waals surface area contributed by atoms with Gasteiger partial charge in [-0.3, -0.25) is 9.59 Å². The molecule has 0 fully saturated rings. The Morgan fingerprint density at radius 2 is 1.90 bits per heavy atom. The van der Waals surface area contributed by atoms with Crippen molar-refractivity contribution in [3.63, 3.8) is 0 Å². The van der Waals surface area contributed by atoms with Crippen LogP contribution in [0.3, 0.4) is 0 Å². The van der Waals surface area contributed by atoms with Crippen molar-refractivity contribution in [2.45, 2.75) is 13.0 Å². The molecule has 2 aromatic heterocycles. The van der Waals surface area contributed by atoms with Crippen LogP contribution in [0.5, 0.6) is 0 Å². The zero-order valence-corrected chi connectivity index (χ0v) is 15.7. The number of carbonyl (C=O) groups excluding carboxylic acids is 3. The molecule has 0 spiro atoms. The second-order valence-electron chi connectivity index (χ2n) is 5.76. The molecule has 7 nitrogen and oxygen atoms in total. The topological polar surface area (TPSA) is 97.6 Å². The van der Waals surface area contributed by atoms with Gasteiger partial charge in [0.05, 0.1) is 17.0 Å². The zero-order valence-electron chi connectivity index (χ0n) is 14.9. The first-order chi connectivity index (χ1) is 13.8. The number of halogens is 2. The fraction of sp³-hybridized carbons (Fsp3) is 0.105. The van der Waals surface area contributed by atoms with Gasteiger partial charge in [-0.05, 0) is 43.3 Å². The van der Waals surface area contributed by atoms with Gasteiger partial charge >= 0.3 is 5.97 Å². The maximum absolute atomic E-state index is 13.6. The van der Waals surface area contributed by atoms with Gasteiger partial charge in [0.2, 0.25) is 0 Å². The summed E-state index contributed by atoms with van der Waals surface area (Å²) in [5, 5.41) is 5.09. The quantitative estimate of drug-likeness (QED) is 0.586. The zero-order chi connectivity index (χ0) is 21.0. The van der Waals surface area contributed by atoms with Crippen LogP contribution >= 0.6 is 11.3 Å². The molecule has 2 N–H and O–H groups in total. The number of esters is 1. The summed E-state index contributed by atoms with van der Waals surface area (Å²) >= 11 is 0.939. The van der Waals surface area contributed by atoms with E-state index in [0.717, 1.165) is 29.5 Å². The van der Waals surface area contributed by atoms with Crippen molar-refractivity contribution in [3.8, 4) is 0 Å². The Labute approximate surface area is 167 Å². The first kappa shape index (κ1) is 20.2. The summed E-state index contributed by atoms with van der Waals surface area (Å²) in [5.74, 6) is -3.57. The summed E-state index contributed by atoms with van der Waals surface area (Å²) in [7, 11) is 0. The van der Waals surface area contributed by atoms with Gasteiger partial charge in [0.15, 0.2) is 11.9 Å². The third-order valence-electron chi connectivity index (χ3n) is 3.63. The van der Waals surface area contributed by atoms with Crippen LogP contribution in [0.2, 0.25) is 0 Å². The summed E-state index contributed by atoms with van der Waals surface area (Å²) in [6, 6.07) is 8.55. The minimum atomic E-state index is -1.27. The number of hydrogen-bond acceptors (Lipinski definition) is 6. The van der Waals surface area contributed by atoms with E-state index in [0.29, 0.717) is 5.00 Å². The van der Waals surface area contributed by atoms with Crippen molar-refractivity contribution in [2.24, 2.45) is 0 Å². The van der Waals surface area contributed by atoms with Crippen molar-refractivity contribution < 1.29 is 32.3 Å². The fourth-order valence-electron chi connectivity index (χ4n) is 2.20. The largest absolute Gasteiger partial charge is 0.459 e. The van der Waals surface area contributed by atoms with Crippen LogP contribution in [-0.4, -0.2) is 23.9 Å². The van der Waals surface area contributed by atoms with Crippen molar-refractivity contribution in [1.82, 2.24) is 0 Å². The van der Waals surface area contributed by atoms with E-state index in [-0.39, 0.29) is 16.3 Å². The summed E-state index contributed by atoms with van der Waals surface area (Å²) in [6.45, 7) is 1.29. The van der Waals surface area contributed by atoms with Crippen LogP contribution in [0.25, 0.3) is 0 Å². The molecule has 2 heterocycles. The highest BCUT2D eigenvalue weighted by Crippen LogP contribution is 2.24. The van der Waals surface area contributed by atoms with Crippen LogP contribution in [0, 0.1) is 11.6 Å². The minimum Gasteiger partial charge on any atom is -0.459 e. The Morgan fingerprint density at radius 3 is 2.62 bits per heavy atom. The number of anilines is 2. The summed E-state index contributed by atoms with van der Waals surface area (Å²) in [4.78, 5) is 36.3. The van der Waals surface area contributed by atoms with E-state index < -0.39 is 35.5 Å². The number of nitrogens with one attached hydrogen (secondary N) is 2. The fourth-order valence-corrected chi connectivity index (χ4v) is 2.98. The molecule has 1 unspecified atom stereocenters. The Kier molecular flexibility index (Phi) is 6.03. The number of furan rings is 1. The summed E-state index contributed by atoms with van der Waals surface area (Å²) in [5.41, 5.74) is -0.364. The number of rotatable bonds is 6. The van der Waals surface area contributed by atoms with Crippen LogP contribution in [0.15, 0.2) is 53.1 Å². The minimum absolute atomic E-state index is 0.109. The molecule has 1 atom stereocenters. The van der Waals surface area contributed by atoms with Gasteiger partial charge in [0.1, 0.15) is 16.5 Å². The van der Waals surface area contributed by atoms with E-state index >= 15 is 0 Å². The second kappa shape index (κ2) is 8.65. The van der Waals surface area contributed by atoms with E-state index in [1.165, 1.54) is 31.4 Å². The van der Waals surface area contributed by atoms with Gasteiger partial charge in [-0.15, -0.1) is 11.3 Å². The number of carbonyl (C=O) groups is 3. The molecule has 0 bridgehead atoms. The van der Waals surface area contributed by atoms with Crippen LogP contribution in [0.4, 0.5) is 19.5 Å². The number of thiophene rings is 1.